The maximum Gasteiger partial charge on any atom is 0.223 e. The monoisotopic (exact) mass is 424 g/mol. The third kappa shape index (κ3) is 7.19. The Morgan fingerprint density at radius 1 is 1.10 bits per heavy atom. The van der Waals surface area contributed by atoms with Crippen LogP contribution in [0.15, 0.2) is 54.6 Å². The van der Waals surface area contributed by atoms with Crippen molar-refractivity contribution in [1.29, 1.82) is 0 Å². The number of rotatable bonds is 10. The van der Waals surface area contributed by atoms with Crippen LogP contribution >= 0.6 is 0 Å². The Morgan fingerprint density at radius 2 is 1.77 bits per heavy atom. The van der Waals surface area contributed by atoms with Crippen LogP contribution < -0.4 is 10.1 Å². The van der Waals surface area contributed by atoms with Crippen LogP contribution in [0.5, 0.6) is 5.75 Å². The number of carbonyl (C=O) groups is 2. The van der Waals surface area contributed by atoms with Gasteiger partial charge < -0.3 is 20.1 Å². The van der Waals surface area contributed by atoms with Crippen LogP contribution in [0.3, 0.4) is 0 Å². The minimum absolute atomic E-state index is 0.0256. The van der Waals surface area contributed by atoms with Gasteiger partial charge in [-0.05, 0) is 55.8 Å². The number of ketones is 1. The zero-order chi connectivity index (χ0) is 22.1. The molecule has 0 aromatic heterocycles. The highest BCUT2D eigenvalue weighted by molar-refractivity contribution is 5.95. The van der Waals surface area contributed by atoms with E-state index < -0.39 is 6.10 Å². The molecule has 166 valence electrons. The average molecular weight is 425 g/mol. The second kappa shape index (κ2) is 11.6. The van der Waals surface area contributed by atoms with E-state index in [1.165, 1.54) is 0 Å². The van der Waals surface area contributed by atoms with Crippen molar-refractivity contribution in [3.05, 3.63) is 65.7 Å². The zero-order valence-electron chi connectivity index (χ0n) is 18.1. The summed E-state index contributed by atoms with van der Waals surface area (Å²) in [6, 6.07) is 16.9. The number of β-amino-alcohol motifs (C(OH)–C–C–N with tert-alkyl or cyclic N) is 1. The van der Waals surface area contributed by atoms with E-state index >= 15 is 0 Å². The van der Waals surface area contributed by atoms with Gasteiger partial charge in [0.05, 0.1) is 0 Å². The van der Waals surface area contributed by atoms with Crippen LogP contribution in [0.2, 0.25) is 0 Å². The number of nitrogens with zero attached hydrogens (tertiary/aromatic N) is 1. The zero-order valence-corrected chi connectivity index (χ0v) is 18.1. The van der Waals surface area contributed by atoms with E-state index in [9.17, 15) is 14.7 Å². The smallest absolute Gasteiger partial charge is 0.223 e. The van der Waals surface area contributed by atoms with Crippen molar-refractivity contribution in [3.63, 3.8) is 0 Å². The molecular weight excluding hydrogens is 392 g/mol. The fraction of sp³-hybridized carbons (Fsp3) is 0.440. The minimum Gasteiger partial charge on any atom is -0.491 e. The molecule has 0 bridgehead atoms. The Hall–Kier alpha value is -2.70. The highest BCUT2D eigenvalue weighted by Crippen LogP contribution is 2.18. The molecule has 1 aliphatic heterocycles. The van der Waals surface area contributed by atoms with Gasteiger partial charge in [-0.1, -0.05) is 37.3 Å². The van der Waals surface area contributed by atoms with E-state index in [2.05, 4.69) is 10.2 Å². The number of benzene rings is 2. The molecule has 31 heavy (non-hydrogen) atoms. The van der Waals surface area contributed by atoms with Gasteiger partial charge in [0, 0.05) is 31.0 Å². The van der Waals surface area contributed by atoms with Crippen molar-refractivity contribution in [2.24, 2.45) is 5.92 Å². The number of aliphatic hydroxyl groups is 1. The summed E-state index contributed by atoms with van der Waals surface area (Å²) in [6.07, 6.45) is 1.45. The van der Waals surface area contributed by atoms with Gasteiger partial charge in [-0.2, -0.15) is 0 Å². The summed E-state index contributed by atoms with van der Waals surface area (Å²) in [5.74, 6) is 0.874. The first-order valence-corrected chi connectivity index (χ1v) is 11.0. The summed E-state index contributed by atoms with van der Waals surface area (Å²) < 4.78 is 5.66. The van der Waals surface area contributed by atoms with Gasteiger partial charge in [0.15, 0.2) is 5.78 Å². The number of nitrogens with one attached hydrogen (secondary N) is 1. The lowest BCUT2D eigenvalue weighted by molar-refractivity contribution is -0.126. The Bertz CT molecular complexity index is 830. The first kappa shape index (κ1) is 23.0. The predicted octanol–water partition coefficient (Wildman–Crippen LogP) is 3.05. The number of piperidine rings is 1. The van der Waals surface area contributed by atoms with Gasteiger partial charge in [0.1, 0.15) is 18.5 Å². The van der Waals surface area contributed by atoms with Crippen molar-refractivity contribution >= 4 is 11.7 Å². The first-order valence-electron chi connectivity index (χ1n) is 11.0. The fourth-order valence-corrected chi connectivity index (χ4v) is 3.79. The van der Waals surface area contributed by atoms with Gasteiger partial charge in [-0.3, -0.25) is 9.59 Å². The molecule has 0 saturated carbocycles. The Kier molecular flexibility index (Phi) is 8.62. The van der Waals surface area contributed by atoms with Gasteiger partial charge in [0.2, 0.25) is 5.91 Å². The van der Waals surface area contributed by atoms with Gasteiger partial charge >= 0.3 is 0 Å². The van der Waals surface area contributed by atoms with Crippen LogP contribution in [-0.2, 0) is 11.3 Å². The molecule has 0 aliphatic carbocycles. The number of hydrogen-bond donors (Lipinski definition) is 2. The third-order valence-electron chi connectivity index (χ3n) is 5.68. The van der Waals surface area contributed by atoms with E-state index in [1.807, 2.05) is 37.3 Å². The minimum atomic E-state index is -0.611. The largest absolute Gasteiger partial charge is 0.491 e. The molecule has 1 unspecified atom stereocenters. The summed E-state index contributed by atoms with van der Waals surface area (Å²) >= 11 is 0. The normalized spacial score (nSPS) is 15.9. The summed E-state index contributed by atoms with van der Waals surface area (Å²) in [4.78, 5) is 26.3. The van der Waals surface area contributed by atoms with Crippen molar-refractivity contribution in [1.82, 2.24) is 10.2 Å². The predicted molar refractivity (Wildman–Crippen MR) is 120 cm³/mol. The lowest BCUT2D eigenvalue weighted by atomic mass is 9.95. The van der Waals surface area contributed by atoms with Crippen LogP contribution in [0.1, 0.15) is 42.1 Å². The number of aliphatic hydroxyl groups excluding tert-OH is 1. The van der Waals surface area contributed by atoms with Gasteiger partial charge in [-0.25, -0.2) is 0 Å². The molecule has 1 amide bonds. The molecule has 1 atom stereocenters. The molecule has 2 aromatic carbocycles. The molecule has 1 fully saturated rings. The number of likely N-dealkylation sites (tertiary alicyclic amines) is 1. The molecule has 1 aliphatic rings. The third-order valence-corrected chi connectivity index (χ3v) is 5.68. The van der Waals surface area contributed by atoms with Gasteiger partial charge in [-0.15, -0.1) is 0 Å². The molecule has 2 aromatic rings. The Labute approximate surface area is 184 Å². The van der Waals surface area contributed by atoms with Crippen molar-refractivity contribution in [3.8, 4) is 5.75 Å². The van der Waals surface area contributed by atoms with Crippen molar-refractivity contribution < 1.29 is 19.4 Å². The molecular formula is C25H32N2O4. The van der Waals surface area contributed by atoms with E-state index in [4.69, 9.17) is 4.74 Å². The lowest BCUT2D eigenvalue weighted by Gasteiger charge is -2.32. The topological polar surface area (TPSA) is 78.9 Å². The SMILES string of the molecule is CCC(=O)c1ccc(OCC(O)CN2CCC(C(=O)NCc3ccccc3)CC2)cc1. The lowest BCUT2D eigenvalue weighted by Crippen LogP contribution is -2.44. The fourth-order valence-electron chi connectivity index (χ4n) is 3.79. The highest BCUT2D eigenvalue weighted by atomic mass is 16.5. The summed E-state index contributed by atoms with van der Waals surface area (Å²) in [5.41, 5.74) is 1.77. The molecule has 1 heterocycles. The maximum atomic E-state index is 12.4. The second-order valence-electron chi connectivity index (χ2n) is 8.04. The quantitative estimate of drug-likeness (QED) is 0.573. The molecule has 2 N–H and O–H groups in total. The molecule has 6 heteroatoms. The number of ether oxygens (including phenoxy) is 1. The molecule has 1 saturated heterocycles. The molecule has 6 nitrogen and oxygen atoms in total. The standard InChI is InChI=1S/C25H32N2O4/c1-2-24(29)20-8-10-23(11-9-20)31-18-22(28)17-27-14-12-21(13-15-27)25(30)26-16-19-6-4-3-5-7-19/h3-11,21-22,28H,2,12-18H2,1H3,(H,26,30). The van der Waals surface area contributed by atoms with Crippen LogP contribution in [0.4, 0.5) is 0 Å². The average Bonchev–Trinajstić information content (AvgIpc) is 2.82. The van der Waals surface area contributed by atoms with E-state index in [-0.39, 0.29) is 24.2 Å². The second-order valence-corrected chi connectivity index (χ2v) is 8.04. The Balaban J connectivity index is 1.34. The van der Waals surface area contributed by atoms with E-state index in [0.29, 0.717) is 30.8 Å². The summed E-state index contributed by atoms with van der Waals surface area (Å²) in [7, 11) is 0. The first-order chi connectivity index (χ1) is 15.0. The maximum absolute atomic E-state index is 12.4. The number of amides is 1. The van der Waals surface area contributed by atoms with Crippen LogP contribution in [0, 0.1) is 5.92 Å². The summed E-state index contributed by atoms with van der Waals surface area (Å²) in [6.45, 7) is 4.68. The van der Waals surface area contributed by atoms with Crippen molar-refractivity contribution in [2.45, 2.75) is 38.8 Å². The van der Waals surface area contributed by atoms with E-state index in [0.717, 1.165) is 31.5 Å². The number of hydrogen-bond acceptors (Lipinski definition) is 5. The van der Waals surface area contributed by atoms with Crippen LogP contribution in [-0.4, -0.2) is 54.0 Å². The van der Waals surface area contributed by atoms with Gasteiger partial charge in [0.25, 0.3) is 0 Å². The van der Waals surface area contributed by atoms with Crippen molar-refractivity contribution in [2.75, 3.05) is 26.2 Å². The number of carbonyl (C=O) groups excluding carboxylic acids is 2. The highest BCUT2D eigenvalue weighted by Gasteiger charge is 2.25. The molecule has 0 spiro atoms. The number of Topliss-reactive ketones (excluding diaryl/α,β-unsaturated/α-hetero) is 1. The summed E-state index contributed by atoms with van der Waals surface area (Å²) in [5, 5.41) is 13.4. The van der Waals surface area contributed by atoms with E-state index in [1.54, 1.807) is 24.3 Å². The van der Waals surface area contributed by atoms with Crippen LogP contribution in [0.25, 0.3) is 0 Å². The molecule has 3 rings (SSSR count). The molecule has 0 radical (unpaired) electrons. The Morgan fingerprint density at radius 3 is 2.42 bits per heavy atom.